The summed E-state index contributed by atoms with van der Waals surface area (Å²) in [5.74, 6) is 1.12. The minimum absolute atomic E-state index is 0.123. The number of thiazole rings is 1. The number of carbonyl (C=O) groups is 1. The van der Waals surface area contributed by atoms with E-state index in [1.807, 2.05) is 35.2 Å². The van der Waals surface area contributed by atoms with Crippen molar-refractivity contribution in [2.75, 3.05) is 26.2 Å². The van der Waals surface area contributed by atoms with Gasteiger partial charge in [-0.2, -0.15) is 4.98 Å². The van der Waals surface area contributed by atoms with Crippen molar-refractivity contribution in [3.8, 4) is 22.0 Å². The Morgan fingerprint density at radius 3 is 2.55 bits per heavy atom. The summed E-state index contributed by atoms with van der Waals surface area (Å²) in [4.78, 5) is 30.1. The molecule has 0 saturated carbocycles. The van der Waals surface area contributed by atoms with Gasteiger partial charge in [0.05, 0.1) is 5.69 Å². The highest BCUT2D eigenvalue weighted by atomic mass is 32.1. The maximum Gasteiger partial charge on any atom is 0.227 e. The van der Waals surface area contributed by atoms with Gasteiger partial charge in [-0.15, -0.1) is 11.3 Å². The van der Waals surface area contributed by atoms with Crippen LogP contribution in [-0.4, -0.2) is 62.0 Å². The van der Waals surface area contributed by atoms with E-state index < -0.39 is 0 Å². The Balaban J connectivity index is 1.08. The van der Waals surface area contributed by atoms with E-state index in [2.05, 4.69) is 37.5 Å². The highest BCUT2D eigenvalue weighted by Gasteiger charge is 2.22. The summed E-state index contributed by atoms with van der Waals surface area (Å²) >= 11 is 1.68. The van der Waals surface area contributed by atoms with Crippen LogP contribution in [0.3, 0.4) is 0 Å². The molecule has 33 heavy (non-hydrogen) atoms. The van der Waals surface area contributed by atoms with Crippen LogP contribution < -0.4 is 0 Å². The summed E-state index contributed by atoms with van der Waals surface area (Å²) in [5.41, 5.74) is 3.08. The molecule has 5 rings (SSSR count). The highest BCUT2D eigenvalue weighted by Crippen LogP contribution is 2.24. The highest BCUT2D eigenvalue weighted by molar-refractivity contribution is 7.13. The summed E-state index contributed by atoms with van der Waals surface area (Å²) < 4.78 is 5.31. The fourth-order valence-electron chi connectivity index (χ4n) is 3.82. The van der Waals surface area contributed by atoms with Crippen molar-refractivity contribution in [2.45, 2.75) is 19.4 Å². The first kappa shape index (κ1) is 21.4. The van der Waals surface area contributed by atoms with Crippen molar-refractivity contribution in [1.82, 2.24) is 29.9 Å². The van der Waals surface area contributed by atoms with Crippen LogP contribution in [0.1, 0.15) is 18.0 Å². The minimum atomic E-state index is 0.123. The molecule has 9 heteroatoms. The summed E-state index contributed by atoms with van der Waals surface area (Å²) in [5, 5.41) is 7.18. The van der Waals surface area contributed by atoms with Gasteiger partial charge in [-0.1, -0.05) is 35.5 Å². The van der Waals surface area contributed by atoms with Crippen LogP contribution in [-0.2, 0) is 17.8 Å². The van der Waals surface area contributed by atoms with Crippen LogP contribution in [0.15, 0.2) is 64.8 Å². The van der Waals surface area contributed by atoms with E-state index in [1.165, 1.54) is 0 Å². The number of aryl methyl sites for hydroxylation is 1. The molecule has 8 nitrogen and oxygen atoms in total. The first-order chi connectivity index (χ1) is 16.2. The number of hydrogen-bond donors (Lipinski definition) is 0. The summed E-state index contributed by atoms with van der Waals surface area (Å²) in [7, 11) is 0. The van der Waals surface area contributed by atoms with E-state index in [0.717, 1.165) is 54.6 Å². The third kappa shape index (κ3) is 5.32. The van der Waals surface area contributed by atoms with E-state index in [4.69, 9.17) is 9.51 Å². The molecule has 1 amide bonds. The maximum atomic E-state index is 12.7. The zero-order chi connectivity index (χ0) is 22.5. The van der Waals surface area contributed by atoms with Gasteiger partial charge in [0, 0.05) is 74.5 Å². The molecule has 1 fully saturated rings. The Hall–Kier alpha value is -3.43. The van der Waals surface area contributed by atoms with Crippen molar-refractivity contribution in [3.05, 3.63) is 71.8 Å². The van der Waals surface area contributed by atoms with E-state index in [0.29, 0.717) is 24.6 Å². The van der Waals surface area contributed by atoms with Gasteiger partial charge in [0.15, 0.2) is 0 Å². The predicted octanol–water partition coefficient (Wildman–Crippen LogP) is 3.53. The predicted molar refractivity (Wildman–Crippen MR) is 125 cm³/mol. The second kappa shape index (κ2) is 10.0. The summed E-state index contributed by atoms with van der Waals surface area (Å²) in [6, 6.07) is 13.9. The topological polar surface area (TPSA) is 88.2 Å². The van der Waals surface area contributed by atoms with Crippen molar-refractivity contribution >= 4 is 17.2 Å². The number of carbonyl (C=O) groups excluding carboxylic acids is 1. The number of benzene rings is 1. The molecule has 0 radical (unpaired) electrons. The van der Waals surface area contributed by atoms with Gasteiger partial charge < -0.3 is 9.42 Å². The smallest absolute Gasteiger partial charge is 0.227 e. The number of rotatable bonds is 7. The fraction of sp³-hybridized carbons (Fsp3) is 0.292. The number of aromatic nitrogens is 4. The lowest BCUT2D eigenvalue weighted by Crippen LogP contribution is -2.48. The molecule has 0 unspecified atom stereocenters. The zero-order valence-electron chi connectivity index (χ0n) is 18.1. The lowest BCUT2D eigenvalue weighted by Gasteiger charge is -2.34. The summed E-state index contributed by atoms with van der Waals surface area (Å²) in [6.07, 6.45) is 4.18. The van der Waals surface area contributed by atoms with Crippen LogP contribution in [0, 0.1) is 0 Å². The van der Waals surface area contributed by atoms with Gasteiger partial charge in [-0.25, -0.2) is 4.98 Å². The molecule has 4 aromatic rings. The van der Waals surface area contributed by atoms with Gasteiger partial charge in [-0.05, 0) is 12.1 Å². The van der Waals surface area contributed by atoms with Gasteiger partial charge in [0.1, 0.15) is 5.01 Å². The van der Waals surface area contributed by atoms with E-state index in [1.54, 1.807) is 23.7 Å². The molecule has 1 aliphatic rings. The quantitative estimate of drug-likeness (QED) is 0.417. The number of pyridine rings is 1. The van der Waals surface area contributed by atoms with Gasteiger partial charge >= 0.3 is 0 Å². The average molecular weight is 461 g/mol. The molecule has 0 atom stereocenters. The molecule has 4 heterocycles. The first-order valence-electron chi connectivity index (χ1n) is 11.0. The lowest BCUT2D eigenvalue weighted by molar-refractivity contribution is -0.133. The lowest BCUT2D eigenvalue weighted by atomic mass is 10.2. The normalized spacial score (nSPS) is 14.5. The van der Waals surface area contributed by atoms with Crippen molar-refractivity contribution < 1.29 is 9.32 Å². The largest absolute Gasteiger partial charge is 0.340 e. The van der Waals surface area contributed by atoms with Crippen molar-refractivity contribution in [3.63, 3.8) is 0 Å². The molecule has 0 bridgehead atoms. The van der Waals surface area contributed by atoms with Crippen LogP contribution in [0.2, 0.25) is 0 Å². The number of amides is 1. The molecule has 1 aromatic carbocycles. The van der Waals surface area contributed by atoms with E-state index in [9.17, 15) is 4.79 Å². The minimum Gasteiger partial charge on any atom is -0.340 e. The van der Waals surface area contributed by atoms with E-state index >= 15 is 0 Å². The molecule has 0 aliphatic carbocycles. The second-order valence-electron chi connectivity index (χ2n) is 7.91. The van der Waals surface area contributed by atoms with Crippen LogP contribution in [0.5, 0.6) is 0 Å². The second-order valence-corrected chi connectivity index (χ2v) is 8.77. The molecule has 168 valence electrons. The van der Waals surface area contributed by atoms with Crippen molar-refractivity contribution in [1.29, 1.82) is 0 Å². The average Bonchev–Trinajstić information content (AvgIpc) is 3.54. The number of nitrogens with zero attached hydrogens (tertiary/aromatic N) is 6. The van der Waals surface area contributed by atoms with Crippen LogP contribution in [0.25, 0.3) is 22.0 Å². The number of hydrogen-bond acceptors (Lipinski definition) is 8. The van der Waals surface area contributed by atoms with Crippen LogP contribution in [0.4, 0.5) is 0 Å². The third-order valence-corrected chi connectivity index (χ3v) is 6.58. The third-order valence-electron chi connectivity index (χ3n) is 5.64. The molecular weight excluding hydrogens is 436 g/mol. The molecule has 0 N–H and O–H groups in total. The molecule has 1 aliphatic heterocycles. The Morgan fingerprint density at radius 2 is 1.76 bits per heavy atom. The van der Waals surface area contributed by atoms with Crippen LogP contribution >= 0.6 is 11.3 Å². The first-order valence-corrected chi connectivity index (χ1v) is 11.9. The Morgan fingerprint density at radius 1 is 0.970 bits per heavy atom. The summed E-state index contributed by atoms with van der Waals surface area (Å²) in [6.45, 7) is 3.94. The maximum absolute atomic E-state index is 12.7. The van der Waals surface area contributed by atoms with Crippen molar-refractivity contribution in [2.24, 2.45) is 0 Å². The Labute approximate surface area is 195 Å². The van der Waals surface area contributed by atoms with Gasteiger partial charge in [0.2, 0.25) is 17.6 Å². The SMILES string of the molecule is O=C(CCc1nc(-c2ccncc2)no1)N1CCN(Cc2csc(-c3ccccc3)n2)CC1. The standard InChI is InChI=1S/C24H24N6O2S/c31-22(7-6-21-27-23(28-32-21)18-8-10-25-11-9-18)30-14-12-29(13-15-30)16-20-17-33-24(26-20)19-4-2-1-3-5-19/h1-5,8-11,17H,6-7,12-16H2. The molecule has 1 saturated heterocycles. The molecule has 3 aromatic heterocycles. The Kier molecular flexibility index (Phi) is 6.50. The molecular formula is C24H24N6O2S. The van der Waals surface area contributed by atoms with E-state index in [-0.39, 0.29) is 5.91 Å². The zero-order valence-corrected chi connectivity index (χ0v) is 18.9. The van der Waals surface area contributed by atoms with Gasteiger partial charge in [-0.3, -0.25) is 14.7 Å². The monoisotopic (exact) mass is 460 g/mol. The fourth-order valence-corrected chi connectivity index (χ4v) is 4.64. The molecule has 0 spiro atoms. The number of piperazine rings is 1. The van der Waals surface area contributed by atoms with Gasteiger partial charge in [0.25, 0.3) is 0 Å². The Bertz CT molecular complexity index is 1190.